The van der Waals surface area contributed by atoms with Gasteiger partial charge in [-0.05, 0) is 36.4 Å². The number of hydrogen-bond acceptors (Lipinski definition) is 5. The fourth-order valence-electron chi connectivity index (χ4n) is 1.78. The lowest BCUT2D eigenvalue weighted by atomic mass is 10.2. The van der Waals surface area contributed by atoms with Crippen LogP contribution in [0.25, 0.3) is 11.4 Å². The molecule has 0 spiro atoms. The zero-order valence-electron chi connectivity index (χ0n) is 11.0. The largest absolute Gasteiger partial charge is 0.482 e. The molecular formula is C15H12BrN3O2. The summed E-state index contributed by atoms with van der Waals surface area (Å²) in [5.41, 5.74) is 7.26. The van der Waals surface area contributed by atoms with Gasteiger partial charge in [0.15, 0.2) is 6.61 Å². The number of halogens is 1. The zero-order chi connectivity index (χ0) is 14.7. The highest BCUT2D eigenvalue weighted by atomic mass is 79.9. The lowest BCUT2D eigenvalue weighted by molar-refractivity contribution is 0.244. The second-order valence-electron chi connectivity index (χ2n) is 4.35. The van der Waals surface area contributed by atoms with Crippen molar-refractivity contribution >= 4 is 21.6 Å². The van der Waals surface area contributed by atoms with Crippen LogP contribution < -0.4 is 10.5 Å². The van der Waals surface area contributed by atoms with Gasteiger partial charge in [-0.15, -0.1) is 0 Å². The average Bonchev–Trinajstić information content (AvgIpc) is 2.96. The Bertz CT molecular complexity index is 741. The van der Waals surface area contributed by atoms with Gasteiger partial charge in [0.2, 0.25) is 5.82 Å². The van der Waals surface area contributed by atoms with Crippen molar-refractivity contribution in [3.8, 4) is 17.1 Å². The van der Waals surface area contributed by atoms with Crippen molar-refractivity contribution in [1.29, 1.82) is 0 Å². The molecule has 1 heterocycles. The third kappa shape index (κ3) is 3.22. The van der Waals surface area contributed by atoms with Crippen LogP contribution in [0.2, 0.25) is 0 Å². The molecule has 0 aliphatic rings. The fraction of sp³-hybridized carbons (Fsp3) is 0.0667. The highest BCUT2D eigenvalue weighted by molar-refractivity contribution is 9.10. The van der Waals surface area contributed by atoms with Crippen molar-refractivity contribution in [3.05, 3.63) is 58.9 Å². The topological polar surface area (TPSA) is 74.2 Å². The van der Waals surface area contributed by atoms with Crippen LogP contribution in [0.4, 0.5) is 5.69 Å². The number of nitrogen functional groups attached to an aromatic ring is 1. The molecule has 0 aliphatic heterocycles. The van der Waals surface area contributed by atoms with Crippen LogP contribution in [-0.4, -0.2) is 10.1 Å². The quantitative estimate of drug-likeness (QED) is 0.730. The first-order valence-electron chi connectivity index (χ1n) is 6.28. The molecule has 0 atom stereocenters. The van der Waals surface area contributed by atoms with Crippen LogP contribution in [0.1, 0.15) is 5.89 Å². The molecule has 106 valence electrons. The number of nitrogens with zero attached hydrogens (tertiary/aromatic N) is 2. The van der Waals surface area contributed by atoms with Gasteiger partial charge in [0.1, 0.15) is 5.75 Å². The van der Waals surface area contributed by atoms with E-state index in [1.54, 1.807) is 12.1 Å². The Kier molecular flexibility index (Phi) is 3.87. The van der Waals surface area contributed by atoms with Crippen molar-refractivity contribution in [2.75, 3.05) is 5.73 Å². The number of hydrogen-bond donors (Lipinski definition) is 1. The highest BCUT2D eigenvalue weighted by Crippen LogP contribution is 2.22. The van der Waals surface area contributed by atoms with Crippen molar-refractivity contribution in [1.82, 2.24) is 10.1 Å². The Balaban J connectivity index is 1.71. The van der Waals surface area contributed by atoms with E-state index in [-0.39, 0.29) is 6.61 Å². The molecule has 6 heteroatoms. The lowest BCUT2D eigenvalue weighted by Gasteiger charge is -2.05. The zero-order valence-corrected chi connectivity index (χ0v) is 12.6. The van der Waals surface area contributed by atoms with E-state index in [2.05, 4.69) is 26.1 Å². The number of para-hydroxylation sites is 2. The van der Waals surface area contributed by atoms with E-state index >= 15 is 0 Å². The van der Waals surface area contributed by atoms with E-state index in [0.717, 1.165) is 10.0 Å². The monoisotopic (exact) mass is 345 g/mol. The minimum atomic E-state index is 0.178. The number of rotatable bonds is 4. The number of ether oxygens (including phenoxy) is 1. The van der Waals surface area contributed by atoms with Crippen molar-refractivity contribution in [2.45, 2.75) is 6.61 Å². The third-order valence-electron chi connectivity index (χ3n) is 2.84. The number of aromatic nitrogens is 2. The molecule has 3 aromatic rings. The minimum Gasteiger partial charge on any atom is -0.482 e. The van der Waals surface area contributed by atoms with Gasteiger partial charge in [-0.2, -0.15) is 4.98 Å². The Labute approximate surface area is 129 Å². The molecule has 21 heavy (non-hydrogen) atoms. The van der Waals surface area contributed by atoms with Crippen LogP contribution in [0, 0.1) is 0 Å². The van der Waals surface area contributed by atoms with E-state index in [1.807, 2.05) is 36.4 Å². The SMILES string of the molecule is Nc1ccccc1OCc1nc(-c2ccc(Br)cc2)no1. The van der Waals surface area contributed by atoms with E-state index in [9.17, 15) is 0 Å². The molecule has 0 bridgehead atoms. The smallest absolute Gasteiger partial charge is 0.264 e. The van der Waals surface area contributed by atoms with E-state index in [4.69, 9.17) is 15.0 Å². The Morgan fingerprint density at radius 1 is 1.10 bits per heavy atom. The predicted octanol–water partition coefficient (Wildman–Crippen LogP) is 3.66. The first-order chi connectivity index (χ1) is 10.2. The van der Waals surface area contributed by atoms with Gasteiger partial charge in [-0.3, -0.25) is 0 Å². The minimum absolute atomic E-state index is 0.178. The molecule has 1 aromatic heterocycles. The number of benzene rings is 2. The lowest BCUT2D eigenvalue weighted by Crippen LogP contribution is -1.98. The fourth-order valence-corrected chi connectivity index (χ4v) is 2.05. The molecule has 5 nitrogen and oxygen atoms in total. The van der Waals surface area contributed by atoms with Crippen molar-refractivity contribution in [2.24, 2.45) is 0 Å². The van der Waals surface area contributed by atoms with Crippen LogP contribution in [0.5, 0.6) is 5.75 Å². The first-order valence-corrected chi connectivity index (χ1v) is 7.07. The van der Waals surface area contributed by atoms with E-state index < -0.39 is 0 Å². The predicted molar refractivity (Wildman–Crippen MR) is 82.6 cm³/mol. The average molecular weight is 346 g/mol. The Morgan fingerprint density at radius 2 is 1.86 bits per heavy atom. The molecule has 0 aliphatic carbocycles. The molecule has 0 fully saturated rings. The maximum Gasteiger partial charge on any atom is 0.264 e. The van der Waals surface area contributed by atoms with Gasteiger partial charge < -0.3 is 15.0 Å². The van der Waals surface area contributed by atoms with Crippen LogP contribution >= 0.6 is 15.9 Å². The molecule has 0 amide bonds. The number of anilines is 1. The molecule has 2 N–H and O–H groups in total. The van der Waals surface area contributed by atoms with Gasteiger partial charge >= 0.3 is 0 Å². The summed E-state index contributed by atoms with van der Waals surface area (Å²) < 4.78 is 11.7. The molecule has 0 radical (unpaired) electrons. The molecule has 2 aromatic carbocycles. The Hall–Kier alpha value is -2.34. The van der Waals surface area contributed by atoms with Gasteiger partial charge in [0.05, 0.1) is 5.69 Å². The second-order valence-corrected chi connectivity index (χ2v) is 5.26. The van der Waals surface area contributed by atoms with Gasteiger partial charge in [-0.1, -0.05) is 33.2 Å². The normalized spacial score (nSPS) is 10.5. The maximum absolute atomic E-state index is 5.80. The van der Waals surface area contributed by atoms with Crippen LogP contribution in [0.3, 0.4) is 0 Å². The first kappa shape index (κ1) is 13.6. The third-order valence-corrected chi connectivity index (χ3v) is 3.37. The Morgan fingerprint density at radius 3 is 2.62 bits per heavy atom. The van der Waals surface area contributed by atoms with E-state index in [0.29, 0.717) is 23.2 Å². The summed E-state index contributed by atoms with van der Waals surface area (Å²) in [5, 5.41) is 3.94. The molecule has 0 saturated carbocycles. The summed E-state index contributed by atoms with van der Waals surface area (Å²) in [6, 6.07) is 14.9. The summed E-state index contributed by atoms with van der Waals surface area (Å²) in [6.07, 6.45) is 0. The number of nitrogens with two attached hydrogens (primary N) is 1. The highest BCUT2D eigenvalue weighted by Gasteiger charge is 2.09. The summed E-state index contributed by atoms with van der Waals surface area (Å²) in [5.74, 6) is 1.53. The van der Waals surface area contributed by atoms with Crippen LogP contribution in [0.15, 0.2) is 57.5 Å². The summed E-state index contributed by atoms with van der Waals surface area (Å²) in [6.45, 7) is 0.178. The summed E-state index contributed by atoms with van der Waals surface area (Å²) >= 11 is 3.38. The molecule has 0 saturated heterocycles. The van der Waals surface area contributed by atoms with Gasteiger partial charge in [-0.25, -0.2) is 0 Å². The second kappa shape index (κ2) is 5.97. The van der Waals surface area contributed by atoms with Crippen LogP contribution in [-0.2, 0) is 6.61 Å². The molecule has 3 rings (SSSR count). The maximum atomic E-state index is 5.80. The van der Waals surface area contributed by atoms with Crippen molar-refractivity contribution in [3.63, 3.8) is 0 Å². The standard InChI is InChI=1S/C15H12BrN3O2/c16-11-7-5-10(6-8-11)15-18-14(21-19-15)9-20-13-4-2-1-3-12(13)17/h1-8H,9,17H2. The molecule has 0 unspecified atom stereocenters. The van der Waals surface area contributed by atoms with E-state index in [1.165, 1.54) is 0 Å². The van der Waals surface area contributed by atoms with Gasteiger partial charge in [0, 0.05) is 10.0 Å². The summed E-state index contributed by atoms with van der Waals surface area (Å²) in [7, 11) is 0. The van der Waals surface area contributed by atoms with Crippen molar-refractivity contribution < 1.29 is 9.26 Å². The summed E-state index contributed by atoms with van der Waals surface area (Å²) in [4.78, 5) is 4.30. The molecular weight excluding hydrogens is 334 g/mol. The van der Waals surface area contributed by atoms with Gasteiger partial charge in [0.25, 0.3) is 5.89 Å².